The number of phenols is 1. The number of nitrogens with one attached hydrogen (secondary N) is 1. The van der Waals surface area contributed by atoms with Crippen LogP contribution in [0.5, 0.6) is 23.0 Å². The van der Waals surface area contributed by atoms with Gasteiger partial charge in [-0.1, -0.05) is 6.07 Å². The van der Waals surface area contributed by atoms with Crippen LogP contribution in [-0.4, -0.2) is 38.5 Å². The van der Waals surface area contributed by atoms with Gasteiger partial charge in [-0.25, -0.2) is 0 Å². The van der Waals surface area contributed by atoms with E-state index in [1.54, 1.807) is 6.07 Å². The highest BCUT2D eigenvalue weighted by Crippen LogP contribution is 2.49. The lowest BCUT2D eigenvalue weighted by Crippen LogP contribution is -2.39. The normalized spacial score (nSPS) is 15.2. The molecule has 0 heterocycles. The first kappa shape index (κ1) is 22.3. The van der Waals surface area contributed by atoms with E-state index in [2.05, 4.69) is 0 Å². The molecule has 1 aliphatic carbocycles. The minimum absolute atomic E-state index is 0.0350. The topological polar surface area (TPSA) is 94.1 Å². The van der Waals surface area contributed by atoms with Crippen molar-refractivity contribution in [2.75, 3.05) is 21.3 Å². The van der Waals surface area contributed by atoms with Crippen LogP contribution < -0.4 is 25.0 Å². The Hall–Kier alpha value is -3.43. The predicted molar refractivity (Wildman–Crippen MR) is 105 cm³/mol. The molecule has 0 saturated carbocycles. The van der Waals surface area contributed by atoms with Gasteiger partial charge in [0.15, 0.2) is 17.2 Å². The molecule has 166 valence electrons. The van der Waals surface area contributed by atoms with Gasteiger partial charge in [-0.15, -0.1) is 0 Å². The molecule has 0 saturated heterocycles. The van der Waals surface area contributed by atoms with Gasteiger partial charge in [0.2, 0.25) is 11.2 Å². The van der Waals surface area contributed by atoms with Crippen LogP contribution in [0.1, 0.15) is 23.6 Å². The van der Waals surface area contributed by atoms with Crippen molar-refractivity contribution in [3.63, 3.8) is 0 Å². The second-order valence-electron chi connectivity index (χ2n) is 6.84. The molecule has 31 heavy (non-hydrogen) atoms. The van der Waals surface area contributed by atoms with Crippen LogP contribution in [0.15, 0.2) is 29.1 Å². The number of amides is 1. The number of rotatable bonds is 4. The summed E-state index contributed by atoms with van der Waals surface area (Å²) >= 11 is 0. The summed E-state index contributed by atoms with van der Waals surface area (Å²) < 4.78 is 54.4. The van der Waals surface area contributed by atoms with Crippen LogP contribution >= 0.6 is 0 Å². The Morgan fingerprint density at radius 2 is 1.77 bits per heavy atom. The van der Waals surface area contributed by atoms with Crippen molar-refractivity contribution < 1.29 is 37.3 Å². The number of fused-ring (bicyclic) bond motifs is 3. The number of alkyl halides is 3. The number of aryl methyl sites for hydroxylation is 1. The predicted octanol–water partition coefficient (Wildman–Crippen LogP) is 3.11. The van der Waals surface area contributed by atoms with Gasteiger partial charge in [0, 0.05) is 5.56 Å². The molecular weight excluding hydrogens is 419 g/mol. The van der Waals surface area contributed by atoms with Crippen molar-refractivity contribution in [2.45, 2.75) is 25.1 Å². The fraction of sp³-hybridized carbons (Fsp3) is 0.333. The third-order valence-electron chi connectivity index (χ3n) is 5.10. The summed E-state index contributed by atoms with van der Waals surface area (Å²) in [6, 6.07) is 4.42. The second-order valence-corrected chi connectivity index (χ2v) is 6.84. The molecule has 1 amide bonds. The average molecular weight is 439 g/mol. The Morgan fingerprint density at radius 3 is 2.35 bits per heavy atom. The molecule has 0 aromatic heterocycles. The summed E-state index contributed by atoms with van der Waals surface area (Å²) in [5.41, 5.74) is 0.879. The van der Waals surface area contributed by atoms with Gasteiger partial charge < -0.3 is 24.6 Å². The summed E-state index contributed by atoms with van der Waals surface area (Å²) in [7, 11) is 3.97. The number of aromatic hydroxyl groups is 1. The summed E-state index contributed by atoms with van der Waals surface area (Å²) in [4.78, 5) is 24.2. The molecule has 7 nitrogen and oxygen atoms in total. The zero-order valence-corrected chi connectivity index (χ0v) is 16.9. The number of methoxy groups -OCH3 is 3. The van der Waals surface area contributed by atoms with Gasteiger partial charge in [0.25, 0.3) is 0 Å². The number of halogens is 3. The van der Waals surface area contributed by atoms with Crippen molar-refractivity contribution in [1.29, 1.82) is 0 Å². The number of phenolic OH excluding ortho intramolecular Hbond substituents is 1. The largest absolute Gasteiger partial charge is 0.502 e. The van der Waals surface area contributed by atoms with E-state index in [9.17, 15) is 27.9 Å². The molecule has 0 bridgehead atoms. The molecule has 1 atom stereocenters. The highest BCUT2D eigenvalue weighted by molar-refractivity contribution is 5.85. The van der Waals surface area contributed by atoms with Crippen molar-refractivity contribution in [3.8, 4) is 34.1 Å². The summed E-state index contributed by atoms with van der Waals surface area (Å²) in [5.74, 6) is -2.29. The van der Waals surface area contributed by atoms with Crippen LogP contribution in [-0.2, 0) is 11.2 Å². The molecule has 3 rings (SSSR count). The number of benzene rings is 1. The lowest BCUT2D eigenvalue weighted by atomic mass is 9.95. The number of carbonyl (C=O) groups is 1. The molecule has 0 radical (unpaired) electrons. The third-order valence-corrected chi connectivity index (χ3v) is 5.10. The Morgan fingerprint density at radius 1 is 1.10 bits per heavy atom. The van der Waals surface area contributed by atoms with E-state index in [1.807, 2.05) is 5.32 Å². The van der Waals surface area contributed by atoms with Gasteiger partial charge in [0.05, 0.1) is 27.4 Å². The fourth-order valence-corrected chi connectivity index (χ4v) is 3.68. The first-order valence-corrected chi connectivity index (χ1v) is 9.19. The molecule has 0 spiro atoms. The molecular formula is C21H20F3NO6. The molecule has 2 aromatic carbocycles. The van der Waals surface area contributed by atoms with E-state index in [0.717, 1.165) is 6.07 Å². The van der Waals surface area contributed by atoms with Crippen LogP contribution in [0, 0.1) is 0 Å². The summed E-state index contributed by atoms with van der Waals surface area (Å²) in [6.07, 6.45) is -4.81. The minimum Gasteiger partial charge on any atom is -0.502 e. The Bertz CT molecular complexity index is 1080. The molecule has 0 unspecified atom stereocenters. The maximum atomic E-state index is 12.9. The molecule has 2 aromatic rings. The highest BCUT2D eigenvalue weighted by Gasteiger charge is 2.40. The van der Waals surface area contributed by atoms with Crippen molar-refractivity contribution in [1.82, 2.24) is 5.32 Å². The molecule has 1 aliphatic rings. The van der Waals surface area contributed by atoms with E-state index >= 15 is 0 Å². The van der Waals surface area contributed by atoms with Gasteiger partial charge in [0.1, 0.15) is 0 Å². The average Bonchev–Trinajstić information content (AvgIpc) is 2.96. The van der Waals surface area contributed by atoms with E-state index in [1.165, 1.54) is 33.5 Å². The van der Waals surface area contributed by atoms with E-state index in [0.29, 0.717) is 16.7 Å². The van der Waals surface area contributed by atoms with Crippen molar-refractivity contribution in [3.05, 3.63) is 45.6 Å². The number of carbonyl (C=O) groups excluding carboxylic acids is 1. The second kappa shape index (κ2) is 8.37. The first-order chi connectivity index (χ1) is 14.6. The number of hydrogen-bond donors (Lipinski definition) is 2. The number of hydrogen-bond acceptors (Lipinski definition) is 6. The maximum absolute atomic E-state index is 12.9. The van der Waals surface area contributed by atoms with E-state index in [-0.39, 0.29) is 41.4 Å². The van der Waals surface area contributed by atoms with Gasteiger partial charge in [-0.05, 0) is 47.7 Å². The van der Waals surface area contributed by atoms with Crippen LogP contribution in [0.3, 0.4) is 0 Å². The summed E-state index contributed by atoms with van der Waals surface area (Å²) in [5, 5.41) is 12.5. The van der Waals surface area contributed by atoms with Crippen LogP contribution in [0.25, 0.3) is 11.1 Å². The van der Waals surface area contributed by atoms with Crippen molar-refractivity contribution >= 4 is 5.91 Å². The van der Waals surface area contributed by atoms with Crippen LogP contribution in [0.4, 0.5) is 13.2 Å². The van der Waals surface area contributed by atoms with Gasteiger partial charge in [-0.3, -0.25) is 9.59 Å². The third kappa shape index (κ3) is 4.10. The molecule has 0 aliphatic heterocycles. The highest BCUT2D eigenvalue weighted by atomic mass is 19.4. The Balaban J connectivity index is 2.33. The standard InChI is InChI=1S/C21H20F3NO6/c1-29-15-7-5-11-12(9-14(15)26)13(25-20(28)21(22,23)24)6-4-10-8-16(30-2)18(27)19(31-3)17(10)11/h5,7-9,13,27H,4,6H2,1-3H3,(H,25,28)/t13-/m1/s1. The lowest BCUT2D eigenvalue weighted by molar-refractivity contribution is -0.174. The van der Waals surface area contributed by atoms with E-state index in [4.69, 9.17) is 14.2 Å². The van der Waals surface area contributed by atoms with E-state index < -0.39 is 23.6 Å². The fourth-order valence-electron chi connectivity index (χ4n) is 3.68. The zero-order chi connectivity index (χ0) is 22.9. The minimum atomic E-state index is -5.09. The van der Waals surface area contributed by atoms with Gasteiger partial charge in [-0.2, -0.15) is 13.2 Å². The quantitative estimate of drug-likeness (QED) is 0.761. The van der Waals surface area contributed by atoms with Gasteiger partial charge >= 0.3 is 12.1 Å². The first-order valence-electron chi connectivity index (χ1n) is 9.19. The number of ether oxygens (including phenoxy) is 3. The van der Waals surface area contributed by atoms with Crippen LogP contribution in [0.2, 0.25) is 0 Å². The monoisotopic (exact) mass is 439 g/mol. The maximum Gasteiger partial charge on any atom is 0.471 e. The summed E-state index contributed by atoms with van der Waals surface area (Å²) in [6.45, 7) is 0. The molecule has 10 heteroatoms. The molecule has 2 N–H and O–H groups in total. The zero-order valence-electron chi connectivity index (χ0n) is 16.9. The Labute approximate surface area is 175 Å². The van der Waals surface area contributed by atoms with Crippen molar-refractivity contribution in [2.24, 2.45) is 0 Å². The SMILES string of the molecule is COc1cc2c(c(OC)c1O)-c1ccc(OC)c(=O)cc1[C@H](NC(=O)C(F)(F)F)CC2. The Kier molecular flexibility index (Phi) is 6.01. The smallest absolute Gasteiger partial charge is 0.471 e. The lowest BCUT2D eigenvalue weighted by Gasteiger charge is -2.19. The molecule has 0 fully saturated rings.